The van der Waals surface area contributed by atoms with Crippen molar-refractivity contribution in [3.63, 3.8) is 0 Å². The van der Waals surface area contributed by atoms with Crippen LogP contribution in [0.1, 0.15) is 20.3 Å². The Balaban J connectivity index is 2.64. The van der Waals surface area contributed by atoms with E-state index in [2.05, 4.69) is 12.2 Å². The zero-order valence-electron chi connectivity index (χ0n) is 11.3. The molecule has 0 saturated heterocycles. The van der Waals surface area contributed by atoms with Crippen LogP contribution in [0.5, 0.6) is 0 Å². The zero-order valence-corrected chi connectivity index (χ0v) is 12.9. The smallest absolute Gasteiger partial charge is 0.328 e. The summed E-state index contributed by atoms with van der Waals surface area (Å²) < 4.78 is 5.09. The minimum Gasteiger partial charge on any atom is -0.464 e. The van der Waals surface area contributed by atoms with E-state index in [9.17, 15) is 4.79 Å². The minimum absolute atomic E-state index is 0.209. The molecule has 1 unspecified atom stereocenters. The van der Waals surface area contributed by atoms with Gasteiger partial charge in [0.05, 0.1) is 6.61 Å². The van der Waals surface area contributed by atoms with Crippen LogP contribution in [-0.2, 0) is 9.53 Å². The van der Waals surface area contributed by atoms with Gasteiger partial charge in [0.2, 0.25) is 0 Å². The number of carbonyl (C=O) groups excluding carboxylic acids is 1. The number of ether oxygens (including phenoxy) is 1. The second-order valence-corrected chi connectivity index (χ2v) is 5.78. The number of thioether (sulfide) groups is 1. The Morgan fingerprint density at radius 1 is 1.47 bits per heavy atom. The second-order valence-electron chi connectivity index (χ2n) is 3.94. The molecule has 0 spiro atoms. The summed E-state index contributed by atoms with van der Waals surface area (Å²) in [5.74, 6) is 1.76. The van der Waals surface area contributed by atoms with Gasteiger partial charge in [-0.25, -0.2) is 4.79 Å². The summed E-state index contributed by atoms with van der Waals surface area (Å²) >= 11 is 7.75. The maximum atomic E-state index is 11.9. The van der Waals surface area contributed by atoms with Gasteiger partial charge < -0.3 is 10.1 Å². The number of hydrogen-bond donors (Lipinski definition) is 1. The Morgan fingerprint density at radius 3 is 2.89 bits per heavy atom. The third kappa shape index (κ3) is 6.21. The first-order valence-corrected chi connectivity index (χ1v) is 7.97. The van der Waals surface area contributed by atoms with Crippen molar-refractivity contribution in [2.45, 2.75) is 26.3 Å². The van der Waals surface area contributed by atoms with Gasteiger partial charge in [0, 0.05) is 10.7 Å². The number of esters is 1. The first-order valence-electron chi connectivity index (χ1n) is 6.43. The molecule has 1 atom stereocenters. The van der Waals surface area contributed by atoms with Crippen LogP contribution in [0.2, 0.25) is 5.02 Å². The van der Waals surface area contributed by atoms with Crippen LogP contribution in [0.25, 0.3) is 0 Å². The lowest BCUT2D eigenvalue weighted by Gasteiger charge is -2.18. The first-order chi connectivity index (χ1) is 9.17. The summed E-state index contributed by atoms with van der Waals surface area (Å²) in [6.07, 6.45) is 0.740. The van der Waals surface area contributed by atoms with Crippen molar-refractivity contribution in [2.75, 3.05) is 23.4 Å². The summed E-state index contributed by atoms with van der Waals surface area (Å²) in [6.45, 7) is 4.32. The number of anilines is 1. The SMILES string of the molecule is CCOC(=O)C(CCSCC)Nc1cccc(Cl)c1. The highest BCUT2D eigenvalue weighted by molar-refractivity contribution is 7.99. The molecule has 0 fully saturated rings. The molecule has 0 aliphatic heterocycles. The molecular formula is C14H20ClNO2S. The largest absolute Gasteiger partial charge is 0.464 e. The molecule has 0 amide bonds. The van der Waals surface area contributed by atoms with Crippen molar-refractivity contribution >= 4 is 35.0 Å². The van der Waals surface area contributed by atoms with Crippen LogP contribution < -0.4 is 5.32 Å². The summed E-state index contributed by atoms with van der Waals surface area (Å²) in [5, 5.41) is 3.84. The second kappa shape index (κ2) is 9.10. The normalized spacial score (nSPS) is 11.9. The molecule has 1 N–H and O–H groups in total. The summed E-state index contributed by atoms with van der Waals surface area (Å²) in [5.41, 5.74) is 0.840. The van der Waals surface area contributed by atoms with Gasteiger partial charge in [0.15, 0.2) is 0 Å². The Hall–Kier alpha value is -0.870. The number of rotatable bonds is 8. The highest BCUT2D eigenvalue weighted by atomic mass is 35.5. The van der Waals surface area contributed by atoms with E-state index in [1.165, 1.54) is 0 Å². The summed E-state index contributed by atoms with van der Waals surface area (Å²) in [7, 11) is 0. The van der Waals surface area contributed by atoms with E-state index in [4.69, 9.17) is 16.3 Å². The molecule has 3 nitrogen and oxygen atoms in total. The van der Waals surface area contributed by atoms with Crippen molar-refractivity contribution in [1.82, 2.24) is 0 Å². The van der Waals surface area contributed by atoms with E-state index in [-0.39, 0.29) is 12.0 Å². The van der Waals surface area contributed by atoms with Crippen LogP contribution in [0.3, 0.4) is 0 Å². The first kappa shape index (κ1) is 16.2. The van der Waals surface area contributed by atoms with Gasteiger partial charge in [-0.1, -0.05) is 24.6 Å². The lowest BCUT2D eigenvalue weighted by molar-refractivity contribution is -0.144. The van der Waals surface area contributed by atoms with Gasteiger partial charge >= 0.3 is 5.97 Å². The standard InChI is InChI=1S/C14H20ClNO2S/c1-3-18-14(17)13(8-9-19-4-2)16-12-7-5-6-11(15)10-12/h5-7,10,13,16H,3-4,8-9H2,1-2H3. The van der Waals surface area contributed by atoms with E-state index in [1.807, 2.05) is 30.8 Å². The van der Waals surface area contributed by atoms with Crippen molar-refractivity contribution in [3.8, 4) is 0 Å². The predicted molar refractivity (Wildman–Crippen MR) is 83.1 cm³/mol. The number of benzene rings is 1. The Morgan fingerprint density at radius 2 is 2.26 bits per heavy atom. The molecule has 5 heteroatoms. The topological polar surface area (TPSA) is 38.3 Å². The number of halogens is 1. The van der Waals surface area contributed by atoms with Gasteiger partial charge in [-0.05, 0) is 43.0 Å². The molecule has 0 radical (unpaired) electrons. The fourth-order valence-electron chi connectivity index (χ4n) is 1.62. The Bertz CT molecular complexity index is 401. The van der Waals surface area contributed by atoms with Gasteiger partial charge in [-0.3, -0.25) is 0 Å². The van der Waals surface area contributed by atoms with E-state index >= 15 is 0 Å². The Kier molecular flexibility index (Phi) is 7.75. The molecular weight excluding hydrogens is 282 g/mol. The van der Waals surface area contributed by atoms with Crippen LogP contribution in [0.15, 0.2) is 24.3 Å². The molecule has 1 rings (SSSR count). The molecule has 1 aromatic rings. The number of carbonyl (C=O) groups is 1. The van der Waals surface area contributed by atoms with Gasteiger partial charge in [-0.15, -0.1) is 0 Å². The molecule has 0 saturated carbocycles. The molecule has 106 valence electrons. The highest BCUT2D eigenvalue weighted by Gasteiger charge is 2.19. The minimum atomic E-state index is -0.322. The molecule has 1 aromatic carbocycles. The molecule has 19 heavy (non-hydrogen) atoms. The molecule has 0 aliphatic carbocycles. The maximum absolute atomic E-state index is 11.9. The number of nitrogens with one attached hydrogen (secondary N) is 1. The van der Waals surface area contributed by atoms with Gasteiger partial charge in [0.25, 0.3) is 0 Å². The lowest BCUT2D eigenvalue weighted by atomic mass is 10.2. The number of hydrogen-bond acceptors (Lipinski definition) is 4. The van der Waals surface area contributed by atoms with Gasteiger partial charge in [0.1, 0.15) is 6.04 Å². The van der Waals surface area contributed by atoms with Crippen LogP contribution in [0, 0.1) is 0 Å². The van der Waals surface area contributed by atoms with E-state index in [0.29, 0.717) is 11.6 Å². The van der Waals surface area contributed by atoms with Crippen molar-refractivity contribution < 1.29 is 9.53 Å². The fraction of sp³-hybridized carbons (Fsp3) is 0.500. The average Bonchev–Trinajstić information content (AvgIpc) is 2.38. The monoisotopic (exact) mass is 301 g/mol. The van der Waals surface area contributed by atoms with Crippen LogP contribution in [-0.4, -0.2) is 30.1 Å². The third-order valence-electron chi connectivity index (χ3n) is 2.49. The zero-order chi connectivity index (χ0) is 14.1. The molecule has 0 aliphatic rings. The van der Waals surface area contributed by atoms with E-state index < -0.39 is 0 Å². The van der Waals surface area contributed by atoms with E-state index in [0.717, 1.165) is 23.6 Å². The molecule has 0 bridgehead atoms. The third-order valence-corrected chi connectivity index (χ3v) is 3.66. The van der Waals surface area contributed by atoms with Crippen molar-refractivity contribution in [2.24, 2.45) is 0 Å². The molecule has 0 heterocycles. The van der Waals surface area contributed by atoms with Crippen molar-refractivity contribution in [3.05, 3.63) is 29.3 Å². The van der Waals surface area contributed by atoms with E-state index in [1.54, 1.807) is 12.1 Å². The van der Waals surface area contributed by atoms with Crippen LogP contribution >= 0.6 is 23.4 Å². The Labute approximate surface area is 124 Å². The lowest BCUT2D eigenvalue weighted by Crippen LogP contribution is -2.32. The van der Waals surface area contributed by atoms with Gasteiger partial charge in [-0.2, -0.15) is 11.8 Å². The fourth-order valence-corrected chi connectivity index (χ4v) is 2.50. The highest BCUT2D eigenvalue weighted by Crippen LogP contribution is 2.17. The van der Waals surface area contributed by atoms with Crippen LogP contribution in [0.4, 0.5) is 5.69 Å². The summed E-state index contributed by atoms with van der Waals surface area (Å²) in [4.78, 5) is 11.9. The average molecular weight is 302 g/mol. The quantitative estimate of drug-likeness (QED) is 0.585. The maximum Gasteiger partial charge on any atom is 0.328 e. The van der Waals surface area contributed by atoms with Crippen molar-refractivity contribution in [1.29, 1.82) is 0 Å². The molecule has 0 aromatic heterocycles. The predicted octanol–water partition coefficient (Wildman–Crippen LogP) is 3.83. The summed E-state index contributed by atoms with van der Waals surface area (Å²) in [6, 6.07) is 7.04.